The van der Waals surface area contributed by atoms with Gasteiger partial charge in [-0.15, -0.1) is 11.3 Å². The van der Waals surface area contributed by atoms with Gasteiger partial charge in [0.05, 0.1) is 6.10 Å². The van der Waals surface area contributed by atoms with Crippen molar-refractivity contribution < 1.29 is 5.11 Å². The van der Waals surface area contributed by atoms with Gasteiger partial charge in [-0.2, -0.15) is 0 Å². The Kier molecular flexibility index (Phi) is 3.61. The molecule has 0 radical (unpaired) electrons. The van der Waals surface area contributed by atoms with Crippen molar-refractivity contribution in [2.24, 2.45) is 0 Å². The van der Waals surface area contributed by atoms with E-state index in [2.05, 4.69) is 5.32 Å². The molecule has 0 aliphatic heterocycles. The zero-order chi connectivity index (χ0) is 10.7. The summed E-state index contributed by atoms with van der Waals surface area (Å²) < 4.78 is 0. The highest BCUT2D eigenvalue weighted by molar-refractivity contribution is 7.10. The average molecular weight is 226 g/mol. The standard InChI is InChI=1S/C11H18N2OS/c12-8-5-6-15-11(8)7-13-9-3-1-2-4-10(9)14/h5-6,9-10,13-14H,1-4,7,12H2. The number of anilines is 1. The van der Waals surface area contributed by atoms with Crippen molar-refractivity contribution in [2.75, 3.05) is 5.73 Å². The molecular formula is C11H18N2OS. The smallest absolute Gasteiger partial charge is 0.0693 e. The molecule has 4 heteroatoms. The molecule has 0 spiro atoms. The molecule has 1 fully saturated rings. The second-order valence-electron chi connectivity index (χ2n) is 4.14. The first-order valence-electron chi connectivity index (χ1n) is 5.50. The van der Waals surface area contributed by atoms with Crippen LogP contribution in [0.2, 0.25) is 0 Å². The summed E-state index contributed by atoms with van der Waals surface area (Å²) in [5.41, 5.74) is 6.66. The van der Waals surface area contributed by atoms with Gasteiger partial charge in [-0.1, -0.05) is 12.8 Å². The van der Waals surface area contributed by atoms with Crippen LogP contribution in [0, 0.1) is 0 Å². The van der Waals surface area contributed by atoms with Crippen LogP contribution in [-0.4, -0.2) is 17.3 Å². The summed E-state index contributed by atoms with van der Waals surface area (Å²) in [7, 11) is 0. The van der Waals surface area contributed by atoms with Gasteiger partial charge in [-0.3, -0.25) is 0 Å². The molecular weight excluding hydrogens is 208 g/mol. The van der Waals surface area contributed by atoms with Crippen molar-refractivity contribution in [1.82, 2.24) is 5.32 Å². The third-order valence-corrected chi connectivity index (χ3v) is 3.97. The molecule has 4 N–H and O–H groups in total. The Labute approximate surface area is 94.3 Å². The molecule has 1 aliphatic carbocycles. The van der Waals surface area contributed by atoms with E-state index in [0.717, 1.165) is 31.5 Å². The topological polar surface area (TPSA) is 58.3 Å². The number of hydrogen-bond acceptors (Lipinski definition) is 4. The Hall–Kier alpha value is -0.580. The van der Waals surface area contributed by atoms with Crippen LogP contribution >= 0.6 is 11.3 Å². The fraction of sp³-hybridized carbons (Fsp3) is 0.636. The predicted octanol–water partition coefficient (Wildman–Crippen LogP) is 1.72. The van der Waals surface area contributed by atoms with Crippen LogP contribution < -0.4 is 11.1 Å². The summed E-state index contributed by atoms with van der Waals surface area (Å²) in [6.07, 6.45) is 4.19. The maximum atomic E-state index is 9.78. The van der Waals surface area contributed by atoms with Gasteiger partial charge in [0.25, 0.3) is 0 Å². The molecule has 1 aromatic rings. The van der Waals surface area contributed by atoms with Crippen molar-refractivity contribution in [1.29, 1.82) is 0 Å². The molecule has 0 bridgehead atoms. The molecule has 1 saturated carbocycles. The first-order valence-corrected chi connectivity index (χ1v) is 6.38. The Bertz CT molecular complexity index is 313. The van der Waals surface area contributed by atoms with E-state index in [4.69, 9.17) is 5.73 Å². The van der Waals surface area contributed by atoms with Gasteiger partial charge < -0.3 is 16.2 Å². The molecule has 1 aliphatic rings. The fourth-order valence-electron chi connectivity index (χ4n) is 2.07. The van der Waals surface area contributed by atoms with Crippen molar-refractivity contribution in [3.63, 3.8) is 0 Å². The maximum Gasteiger partial charge on any atom is 0.0693 e. The summed E-state index contributed by atoms with van der Waals surface area (Å²) in [6.45, 7) is 0.783. The van der Waals surface area contributed by atoms with E-state index in [1.807, 2.05) is 11.4 Å². The molecule has 2 unspecified atom stereocenters. The Morgan fingerprint density at radius 2 is 2.27 bits per heavy atom. The van der Waals surface area contributed by atoms with E-state index >= 15 is 0 Å². The number of nitrogens with one attached hydrogen (secondary N) is 1. The van der Waals surface area contributed by atoms with Gasteiger partial charge in [0, 0.05) is 23.2 Å². The number of rotatable bonds is 3. The monoisotopic (exact) mass is 226 g/mol. The first-order chi connectivity index (χ1) is 7.27. The van der Waals surface area contributed by atoms with Crippen LogP contribution in [0.5, 0.6) is 0 Å². The largest absolute Gasteiger partial charge is 0.398 e. The van der Waals surface area contributed by atoms with Crippen LogP contribution in [0.15, 0.2) is 11.4 Å². The Morgan fingerprint density at radius 1 is 1.47 bits per heavy atom. The lowest BCUT2D eigenvalue weighted by molar-refractivity contribution is 0.0904. The molecule has 1 aromatic heterocycles. The molecule has 3 nitrogen and oxygen atoms in total. The number of aliphatic hydroxyl groups excluding tert-OH is 1. The van der Waals surface area contributed by atoms with Crippen LogP contribution in [0.25, 0.3) is 0 Å². The lowest BCUT2D eigenvalue weighted by atomic mass is 9.92. The lowest BCUT2D eigenvalue weighted by Crippen LogP contribution is -2.41. The maximum absolute atomic E-state index is 9.78. The van der Waals surface area contributed by atoms with Gasteiger partial charge in [0.15, 0.2) is 0 Å². The highest BCUT2D eigenvalue weighted by Crippen LogP contribution is 2.21. The van der Waals surface area contributed by atoms with Gasteiger partial charge in [0.1, 0.15) is 0 Å². The zero-order valence-electron chi connectivity index (χ0n) is 8.78. The second kappa shape index (κ2) is 4.96. The molecule has 15 heavy (non-hydrogen) atoms. The van der Waals surface area contributed by atoms with E-state index in [0.29, 0.717) is 0 Å². The normalized spacial score (nSPS) is 26.7. The van der Waals surface area contributed by atoms with Crippen LogP contribution in [0.4, 0.5) is 5.69 Å². The van der Waals surface area contributed by atoms with Crippen LogP contribution in [0.1, 0.15) is 30.6 Å². The zero-order valence-corrected chi connectivity index (χ0v) is 9.59. The number of thiophene rings is 1. The number of nitrogen functional groups attached to an aromatic ring is 1. The van der Waals surface area contributed by atoms with E-state index < -0.39 is 0 Å². The van der Waals surface area contributed by atoms with Gasteiger partial charge in [-0.25, -0.2) is 0 Å². The first kappa shape index (κ1) is 10.9. The minimum Gasteiger partial charge on any atom is -0.398 e. The van der Waals surface area contributed by atoms with Crippen LogP contribution in [0.3, 0.4) is 0 Å². The van der Waals surface area contributed by atoms with Crippen molar-refractivity contribution >= 4 is 17.0 Å². The lowest BCUT2D eigenvalue weighted by Gasteiger charge is -2.28. The van der Waals surface area contributed by atoms with Crippen molar-refractivity contribution in [2.45, 2.75) is 44.4 Å². The minimum atomic E-state index is -0.181. The highest BCUT2D eigenvalue weighted by atomic mass is 32.1. The molecule has 2 rings (SSSR count). The number of nitrogens with two attached hydrogens (primary N) is 1. The summed E-state index contributed by atoms with van der Waals surface area (Å²) in [5, 5.41) is 15.2. The van der Waals surface area contributed by atoms with Gasteiger partial charge in [0.2, 0.25) is 0 Å². The molecule has 1 heterocycles. The average Bonchev–Trinajstić information content (AvgIpc) is 2.63. The van der Waals surface area contributed by atoms with E-state index in [9.17, 15) is 5.11 Å². The quantitative estimate of drug-likeness (QED) is 0.735. The van der Waals surface area contributed by atoms with Crippen molar-refractivity contribution in [3.8, 4) is 0 Å². The number of hydrogen-bond donors (Lipinski definition) is 3. The summed E-state index contributed by atoms with van der Waals surface area (Å²) >= 11 is 1.67. The summed E-state index contributed by atoms with van der Waals surface area (Å²) in [4.78, 5) is 1.17. The minimum absolute atomic E-state index is 0.181. The van der Waals surface area contributed by atoms with E-state index in [1.54, 1.807) is 11.3 Å². The third kappa shape index (κ3) is 2.71. The molecule has 0 aromatic carbocycles. The fourth-order valence-corrected chi connectivity index (χ4v) is 2.82. The van der Waals surface area contributed by atoms with Gasteiger partial charge in [-0.05, 0) is 24.3 Å². The van der Waals surface area contributed by atoms with Gasteiger partial charge >= 0.3 is 0 Å². The predicted molar refractivity (Wildman–Crippen MR) is 63.8 cm³/mol. The van der Waals surface area contributed by atoms with E-state index in [1.165, 1.54) is 11.3 Å². The molecule has 0 saturated heterocycles. The second-order valence-corrected chi connectivity index (χ2v) is 5.14. The Balaban J connectivity index is 1.84. The number of aliphatic hydroxyl groups is 1. The van der Waals surface area contributed by atoms with E-state index in [-0.39, 0.29) is 12.1 Å². The SMILES string of the molecule is Nc1ccsc1CNC1CCCCC1O. The molecule has 2 atom stereocenters. The van der Waals surface area contributed by atoms with Crippen LogP contribution in [-0.2, 0) is 6.54 Å². The Morgan fingerprint density at radius 3 is 2.93 bits per heavy atom. The summed E-state index contributed by atoms with van der Waals surface area (Å²) in [5.74, 6) is 0. The highest BCUT2D eigenvalue weighted by Gasteiger charge is 2.22. The van der Waals surface area contributed by atoms with Crippen molar-refractivity contribution in [3.05, 3.63) is 16.3 Å². The molecule has 84 valence electrons. The molecule has 0 amide bonds. The summed E-state index contributed by atoms with van der Waals surface area (Å²) in [6, 6.07) is 2.18. The third-order valence-electron chi connectivity index (χ3n) is 3.03.